The number of nitrogens with zero attached hydrogens (tertiary/aromatic N) is 2. The molecule has 1 aliphatic carbocycles. The molecule has 0 bridgehead atoms. The molecule has 0 N–H and O–H groups in total. The molecule has 2 aromatic heterocycles. The minimum Gasteiger partial charge on any atom is -0.307 e. The van der Waals surface area contributed by atoms with Gasteiger partial charge in [0.2, 0.25) is 0 Å². The highest BCUT2D eigenvalue weighted by Crippen LogP contribution is 2.50. The van der Waals surface area contributed by atoms with E-state index < -0.39 is 0 Å². The molecule has 0 amide bonds. The summed E-state index contributed by atoms with van der Waals surface area (Å²) in [6.07, 6.45) is 0. The Labute approximate surface area is 321 Å². The summed E-state index contributed by atoms with van der Waals surface area (Å²) in [5.41, 5.74) is 18.5. The van der Waals surface area contributed by atoms with Gasteiger partial charge < -0.3 is 9.13 Å². The zero-order valence-corrected chi connectivity index (χ0v) is 30.9. The van der Waals surface area contributed by atoms with Crippen LogP contribution in [-0.2, 0) is 5.41 Å². The van der Waals surface area contributed by atoms with Crippen LogP contribution in [0.5, 0.6) is 0 Å². The molecule has 0 aliphatic heterocycles. The molecule has 260 valence electrons. The van der Waals surface area contributed by atoms with Gasteiger partial charge >= 0.3 is 0 Å². The lowest BCUT2D eigenvalue weighted by Gasteiger charge is -2.22. The quantitative estimate of drug-likeness (QED) is 0.169. The standard InChI is InChI=1S/C53H38N2/c1-53(2)46-27-14-12-25-41(46)42-30-29-38(34-47(42)53)37-21-16-24-40(33-37)54-48-28-15-13-26-43(48)44-31-32-45-49(35-17-6-3-7-18-35)50(36-19-8-4-9-20-36)55(52(45)51(44)54)39-22-10-5-11-23-39/h3-34H,1-2H3. The number of rotatable bonds is 5. The van der Waals surface area contributed by atoms with Crippen LogP contribution in [0.3, 0.4) is 0 Å². The molecule has 0 saturated heterocycles. The Morgan fingerprint density at radius 2 is 0.945 bits per heavy atom. The Morgan fingerprint density at radius 1 is 0.364 bits per heavy atom. The summed E-state index contributed by atoms with van der Waals surface area (Å²) in [7, 11) is 0. The smallest absolute Gasteiger partial charge is 0.0789 e. The Kier molecular flexibility index (Phi) is 6.93. The molecular formula is C53H38N2. The SMILES string of the molecule is CC1(C)c2ccccc2-c2ccc(-c3cccc(-n4c5ccccc5c5ccc6c(-c7ccccc7)c(-c7ccccc7)n(-c7ccccc7)c6c54)c3)cc21. The minimum atomic E-state index is -0.0618. The average molecular weight is 703 g/mol. The fraction of sp³-hybridized carbons (Fsp3) is 0.0566. The summed E-state index contributed by atoms with van der Waals surface area (Å²) >= 11 is 0. The molecule has 10 aromatic rings. The second-order valence-electron chi connectivity index (χ2n) is 15.3. The first-order valence-electron chi connectivity index (χ1n) is 19.2. The van der Waals surface area contributed by atoms with E-state index in [1.165, 1.54) is 88.5 Å². The molecule has 11 rings (SSSR count). The molecule has 0 saturated carbocycles. The third-order valence-electron chi connectivity index (χ3n) is 11.9. The number of fused-ring (bicyclic) bond motifs is 8. The average Bonchev–Trinajstić information content (AvgIpc) is 3.85. The van der Waals surface area contributed by atoms with Crippen molar-refractivity contribution < 1.29 is 0 Å². The van der Waals surface area contributed by atoms with Gasteiger partial charge in [0, 0.05) is 38.5 Å². The molecular weight excluding hydrogens is 665 g/mol. The first kappa shape index (κ1) is 31.6. The molecule has 0 unspecified atom stereocenters. The van der Waals surface area contributed by atoms with E-state index in [9.17, 15) is 0 Å². The summed E-state index contributed by atoms with van der Waals surface area (Å²) in [5, 5.41) is 3.70. The van der Waals surface area contributed by atoms with Crippen LogP contribution < -0.4 is 0 Å². The van der Waals surface area contributed by atoms with Crippen LogP contribution >= 0.6 is 0 Å². The van der Waals surface area contributed by atoms with Crippen LogP contribution in [0.15, 0.2) is 194 Å². The Morgan fingerprint density at radius 3 is 1.75 bits per heavy atom. The Balaban J connectivity index is 1.23. The van der Waals surface area contributed by atoms with E-state index in [-0.39, 0.29) is 5.41 Å². The molecule has 1 aliphatic rings. The maximum absolute atomic E-state index is 2.51. The molecule has 2 heterocycles. The lowest BCUT2D eigenvalue weighted by atomic mass is 9.81. The van der Waals surface area contributed by atoms with E-state index in [1.54, 1.807) is 0 Å². The van der Waals surface area contributed by atoms with Gasteiger partial charge in [-0.05, 0) is 80.9 Å². The summed E-state index contributed by atoms with van der Waals surface area (Å²) in [4.78, 5) is 0. The van der Waals surface area contributed by atoms with Gasteiger partial charge in [-0.3, -0.25) is 0 Å². The Bertz CT molecular complexity index is 3090. The maximum atomic E-state index is 2.51. The van der Waals surface area contributed by atoms with Gasteiger partial charge in [0.1, 0.15) is 0 Å². The predicted molar refractivity (Wildman–Crippen MR) is 231 cm³/mol. The first-order valence-corrected chi connectivity index (χ1v) is 19.2. The van der Waals surface area contributed by atoms with Crippen LogP contribution in [0.1, 0.15) is 25.0 Å². The van der Waals surface area contributed by atoms with Gasteiger partial charge in [-0.1, -0.05) is 172 Å². The van der Waals surface area contributed by atoms with Gasteiger partial charge in [-0.25, -0.2) is 0 Å². The van der Waals surface area contributed by atoms with Crippen molar-refractivity contribution in [3.05, 3.63) is 205 Å². The lowest BCUT2D eigenvalue weighted by molar-refractivity contribution is 0.660. The van der Waals surface area contributed by atoms with Gasteiger partial charge in [0.15, 0.2) is 0 Å². The molecule has 2 nitrogen and oxygen atoms in total. The van der Waals surface area contributed by atoms with E-state index in [0.717, 1.165) is 11.4 Å². The van der Waals surface area contributed by atoms with Crippen LogP contribution in [-0.4, -0.2) is 9.13 Å². The van der Waals surface area contributed by atoms with Crippen molar-refractivity contribution in [1.29, 1.82) is 0 Å². The zero-order valence-electron chi connectivity index (χ0n) is 30.9. The summed E-state index contributed by atoms with van der Waals surface area (Å²) in [5.74, 6) is 0. The normalized spacial score (nSPS) is 13.1. The second-order valence-corrected chi connectivity index (χ2v) is 15.3. The van der Waals surface area contributed by atoms with Crippen LogP contribution in [0.25, 0.3) is 88.7 Å². The fourth-order valence-corrected chi connectivity index (χ4v) is 9.40. The number of hydrogen-bond donors (Lipinski definition) is 0. The van der Waals surface area contributed by atoms with E-state index in [0.29, 0.717) is 0 Å². The third kappa shape index (κ3) is 4.68. The monoisotopic (exact) mass is 702 g/mol. The van der Waals surface area contributed by atoms with Crippen molar-refractivity contribution in [3.63, 3.8) is 0 Å². The molecule has 0 atom stereocenters. The van der Waals surface area contributed by atoms with Gasteiger partial charge in [0.05, 0.1) is 22.2 Å². The highest BCUT2D eigenvalue weighted by molar-refractivity contribution is 6.22. The van der Waals surface area contributed by atoms with Crippen molar-refractivity contribution in [1.82, 2.24) is 9.13 Å². The van der Waals surface area contributed by atoms with E-state index in [4.69, 9.17) is 0 Å². The largest absolute Gasteiger partial charge is 0.307 e. The topological polar surface area (TPSA) is 9.86 Å². The van der Waals surface area contributed by atoms with Gasteiger partial charge in [-0.15, -0.1) is 0 Å². The second kappa shape index (κ2) is 12.1. The lowest BCUT2D eigenvalue weighted by Crippen LogP contribution is -2.14. The van der Waals surface area contributed by atoms with Gasteiger partial charge in [0.25, 0.3) is 0 Å². The first-order chi connectivity index (χ1) is 27.1. The number of hydrogen-bond acceptors (Lipinski definition) is 0. The molecule has 55 heavy (non-hydrogen) atoms. The Hall–Kier alpha value is -6.90. The molecule has 0 spiro atoms. The predicted octanol–water partition coefficient (Wildman–Crippen LogP) is 14.0. The van der Waals surface area contributed by atoms with Crippen molar-refractivity contribution in [2.45, 2.75) is 19.3 Å². The molecule has 0 fully saturated rings. The number of aromatic nitrogens is 2. The third-order valence-corrected chi connectivity index (χ3v) is 11.9. The maximum Gasteiger partial charge on any atom is 0.0789 e. The van der Waals surface area contributed by atoms with Crippen molar-refractivity contribution in [3.8, 4) is 56.0 Å². The van der Waals surface area contributed by atoms with E-state index in [1.807, 2.05) is 0 Å². The summed E-state index contributed by atoms with van der Waals surface area (Å²) < 4.78 is 5.02. The van der Waals surface area contributed by atoms with Crippen molar-refractivity contribution >= 4 is 32.7 Å². The van der Waals surface area contributed by atoms with Crippen LogP contribution in [0.4, 0.5) is 0 Å². The summed E-state index contributed by atoms with van der Waals surface area (Å²) in [6.45, 7) is 4.72. The zero-order chi connectivity index (χ0) is 36.7. The van der Waals surface area contributed by atoms with E-state index >= 15 is 0 Å². The van der Waals surface area contributed by atoms with Crippen molar-refractivity contribution in [2.24, 2.45) is 0 Å². The van der Waals surface area contributed by atoms with E-state index in [2.05, 4.69) is 217 Å². The van der Waals surface area contributed by atoms with Gasteiger partial charge in [-0.2, -0.15) is 0 Å². The van der Waals surface area contributed by atoms with Crippen molar-refractivity contribution in [2.75, 3.05) is 0 Å². The minimum absolute atomic E-state index is 0.0618. The molecule has 0 radical (unpaired) electrons. The molecule has 2 heteroatoms. The highest BCUT2D eigenvalue weighted by atomic mass is 15.1. The fourth-order valence-electron chi connectivity index (χ4n) is 9.40. The number of para-hydroxylation sites is 2. The molecule has 8 aromatic carbocycles. The van der Waals surface area contributed by atoms with Crippen LogP contribution in [0, 0.1) is 0 Å². The number of benzene rings is 8. The van der Waals surface area contributed by atoms with Crippen LogP contribution in [0.2, 0.25) is 0 Å². The highest BCUT2D eigenvalue weighted by Gasteiger charge is 2.35. The summed E-state index contributed by atoms with van der Waals surface area (Å²) in [6, 6.07) is 71.3.